The SMILES string of the molecule is CCCCCCCCCCCC(=O)[O-].CCCCCCCCCCCC(=O)[O-].CCC[CH2][Sn+2][CH2]CCC.CCOC(C)=O. The van der Waals surface area contributed by atoms with E-state index in [-0.39, 0.29) is 40.0 Å². The Morgan fingerprint density at radius 1 is 0.465 bits per heavy atom. The molecule has 0 rings (SSSR count). The maximum absolute atomic E-state index is 10.1. The molecule has 256 valence electrons. The van der Waals surface area contributed by atoms with Crippen molar-refractivity contribution in [3.05, 3.63) is 0 Å². The average molecular weight is 720 g/mol. The molecule has 0 aromatic carbocycles. The van der Waals surface area contributed by atoms with E-state index in [2.05, 4.69) is 32.4 Å². The molecule has 0 unspecified atom stereocenters. The van der Waals surface area contributed by atoms with Crippen molar-refractivity contribution in [3.8, 4) is 0 Å². The first-order valence-corrected chi connectivity index (χ1v) is 22.0. The number of ether oxygens (including phenoxy) is 1. The van der Waals surface area contributed by atoms with Crippen LogP contribution in [0.15, 0.2) is 0 Å². The normalized spacial score (nSPS) is 9.72. The predicted octanol–water partition coefficient (Wildman–Crippen LogP) is 9.01. The standard InChI is InChI=1S/2C12H24O2.C4H8O2.2C4H9.Sn/c2*1-2-3-4-5-6-7-8-9-10-11-12(13)14;1-3-6-4(2)5;2*1-3-4-2;/h2*2-11H2,1H3,(H,13,14);3H2,1-2H3;2*1,3-4H2,2H3;/q;;;;;+2/p-2. The monoisotopic (exact) mass is 720 g/mol. The van der Waals surface area contributed by atoms with Gasteiger partial charge in [-0.2, -0.15) is 0 Å². The van der Waals surface area contributed by atoms with E-state index in [9.17, 15) is 24.6 Å². The Morgan fingerprint density at radius 3 is 0.953 bits per heavy atom. The van der Waals surface area contributed by atoms with E-state index in [4.69, 9.17) is 0 Å². The molecule has 43 heavy (non-hydrogen) atoms. The fraction of sp³-hybridized carbons (Fsp3) is 0.917. The van der Waals surface area contributed by atoms with Gasteiger partial charge in [0.1, 0.15) is 0 Å². The molecule has 0 aliphatic heterocycles. The fourth-order valence-corrected chi connectivity index (χ4v) is 8.25. The Kier molecular flexibility index (Phi) is 54.9. The number of rotatable bonds is 27. The van der Waals surface area contributed by atoms with Crippen LogP contribution in [0.5, 0.6) is 0 Å². The Morgan fingerprint density at radius 2 is 0.744 bits per heavy atom. The quantitative estimate of drug-likeness (QED) is 0.0477. The van der Waals surface area contributed by atoms with Crippen molar-refractivity contribution < 1.29 is 29.3 Å². The maximum Gasteiger partial charge on any atom is 0.302 e. The van der Waals surface area contributed by atoms with Gasteiger partial charge >= 0.3 is 75.5 Å². The van der Waals surface area contributed by atoms with Crippen molar-refractivity contribution in [2.24, 2.45) is 0 Å². The summed E-state index contributed by atoms with van der Waals surface area (Å²) in [6.45, 7) is 12.7. The average Bonchev–Trinajstić information content (AvgIpc) is 2.96. The molecule has 6 nitrogen and oxygen atoms in total. The van der Waals surface area contributed by atoms with E-state index in [0.29, 0.717) is 6.61 Å². The topological polar surface area (TPSA) is 107 Å². The summed E-state index contributed by atoms with van der Waals surface area (Å²) in [7, 11) is 0. The van der Waals surface area contributed by atoms with Crippen LogP contribution in [0.25, 0.3) is 0 Å². The molecular weight excluding hydrogens is 647 g/mol. The van der Waals surface area contributed by atoms with Crippen molar-refractivity contribution >= 4 is 39.1 Å². The molecule has 7 heteroatoms. The number of aliphatic carboxylic acids is 2. The molecule has 0 amide bonds. The molecule has 0 saturated carbocycles. The van der Waals surface area contributed by atoms with Crippen LogP contribution < -0.4 is 10.2 Å². The molecule has 0 aliphatic carbocycles. The second-order valence-corrected chi connectivity index (χ2v) is 15.6. The van der Waals surface area contributed by atoms with E-state index in [1.165, 1.54) is 122 Å². The van der Waals surface area contributed by atoms with Crippen LogP contribution in [0.2, 0.25) is 8.87 Å². The van der Waals surface area contributed by atoms with Crippen molar-refractivity contribution in [1.29, 1.82) is 0 Å². The number of esters is 1. The van der Waals surface area contributed by atoms with Crippen molar-refractivity contribution in [1.82, 2.24) is 0 Å². The van der Waals surface area contributed by atoms with E-state index in [1.807, 2.05) is 0 Å². The van der Waals surface area contributed by atoms with Gasteiger partial charge in [0.2, 0.25) is 0 Å². The van der Waals surface area contributed by atoms with Crippen molar-refractivity contribution in [3.63, 3.8) is 0 Å². The van der Waals surface area contributed by atoms with E-state index >= 15 is 0 Å². The van der Waals surface area contributed by atoms with Gasteiger partial charge in [-0.05, 0) is 32.6 Å². The van der Waals surface area contributed by atoms with E-state index in [1.54, 1.807) is 15.8 Å². The zero-order valence-electron chi connectivity index (χ0n) is 29.5. The van der Waals surface area contributed by atoms with Gasteiger partial charge in [0.15, 0.2) is 0 Å². The summed E-state index contributed by atoms with van der Waals surface area (Å²) in [5.74, 6) is -2.03. The smallest absolute Gasteiger partial charge is 0.302 e. The summed E-state index contributed by atoms with van der Waals surface area (Å²) >= 11 is 0.149. The Labute approximate surface area is 278 Å². The van der Waals surface area contributed by atoms with Gasteiger partial charge in [-0.15, -0.1) is 0 Å². The molecule has 0 aromatic heterocycles. The third-order valence-corrected chi connectivity index (χ3v) is 10.8. The van der Waals surface area contributed by atoms with Crippen LogP contribution in [0.3, 0.4) is 0 Å². The summed E-state index contributed by atoms with van der Waals surface area (Å²) in [6.07, 6.45) is 28.2. The van der Waals surface area contributed by atoms with Crippen LogP contribution in [0, 0.1) is 0 Å². The summed E-state index contributed by atoms with van der Waals surface area (Å²) in [5, 5.41) is 20.2. The predicted molar refractivity (Wildman–Crippen MR) is 181 cm³/mol. The number of carbonyl (C=O) groups is 3. The van der Waals surface area contributed by atoms with Crippen molar-refractivity contribution in [2.45, 2.75) is 205 Å². The van der Waals surface area contributed by atoms with Crippen molar-refractivity contribution in [2.75, 3.05) is 6.61 Å². The number of hydrogen-bond donors (Lipinski definition) is 0. The molecule has 0 aliphatic rings. The van der Waals surface area contributed by atoms with Gasteiger partial charge in [-0.3, -0.25) is 4.79 Å². The molecule has 0 heterocycles. The molecule has 0 bridgehead atoms. The number of carboxylic acids is 2. The Hall–Kier alpha value is -0.791. The second-order valence-electron chi connectivity index (χ2n) is 11.3. The molecule has 0 N–H and O–H groups in total. The van der Waals surface area contributed by atoms with Crippen LogP contribution in [0.4, 0.5) is 0 Å². The minimum Gasteiger partial charge on any atom is -0.466 e. The third kappa shape index (κ3) is 69.4. The van der Waals surface area contributed by atoms with Gasteiger partial charge in [-0.1, -0.05) is 117 Å². The minimum absolute atomic E-state index is 0.149. The number of unbranched alkanes of at least 4 members (excludes halogenated alkanes) is 18. The summed E-state index contributed by atoms with van der Waals surface area (Å²) < 4.78 is 7.65. The third-order valence-electron chi connectivity index (χ3n) is 6.73. The zero-order valence-corrected chi connectivity index (χ0v) is 32.4. The number of carboxylic acid groups (broad SMARTS) is 2. The van der Waals surface area contributed by atoms with Gasteiger partial charge in [0, 0.05) is 18.9 Å². The molecule has 0 spiro atoms. The summed E-state index contributed by atoms with van der Waals surface area (Å²) in [5.41, 5.74) is 0. The van der Waals surface area contributed by atoms with Crippen LogP contribution >= 0.6 is 0 Å². The fourth-order valence-electron chi connectivity index (χ4n) is 4.09. The van der Waals surface area contributed by atoms with E-state index in [0.717, 1.165) is 25.7 Å². The van der Waals surface area contributed by atoms with Crippen LogP contribution in [0.1, 0.15) is 196 Å². The first-order chi connectivity index (χ1) is 20.7. The number of hydrogen-bond acceptors (Lipinski definition) is 6. The molecular formula is C36H72O6Sn. The zero-order chi connectivity index (χ0) is 33.2. The van der Waals surface area contributed by atoms with Gasteiger partial charge in [0.05, 0.1) is 6.61 Å². The minimum atomic E-state index is -0.909. The van der Waals surface area contributed by atoms with Gasteiger partial charge in [0.25, 0.3) is 0 Å². The molecule has 0 atom stereocenters. The van der Waals surface area contributed by atoms with Crippen LogP contribution in [-0.4, -0.2) is 45.7 Å². The largest absolute Gasteiger partial charge is 0.466 e. The molecule has 0 saturated heterocycles. The van der Waals surface area contributed by atoms with Gasteiger partial charge in [-0.25, -0.2) is 0 Å². The Bertz CT molecular complexity index is 504. The summed E-state index contributed by atoms with van der Waals surface area (Å²) in [6, 6.07) is 0. The van der Waals surface area contributed by atoms with E-state index < -0.39 is 11.9 Å². The molecule has 0 radical (unpaired) electrons. The van der Waals surface area contributed by atoms with Crippen LogP contribution in [-0.2, 0) is 19.1 Å². The second kappa shape index (κ2) is 48.1. The van der Waals surface area contributed by atoms with Gasteiger partial charge < -0.3 is 24.5 Å². The molecule has 0 aromatic rings. The molecule has 0 fully saturated rings. The first kappa shape index (κ1) is 49.1. The first-order valence-electron chi connectivity index (χ1n) is 18.0. The Balaban J connectivity index is -0.000000247. The summed E-state index contributed by atoms with van der Waals surface area (Å²) in [4.78, 5) is 30.0. The number of carbonyl (C=O) groups excluding carboxylic acids is 3. The maximum atomic E-state index is 10.1.